The summed E-state index contributed by atoms with van der Waals surface area (Å²) in [6.45, 7) is 11.4. The van der Waals surface area contributed by atoms with E-state index in [1.807, 2.05) is 0 Å². The zero-order valence-electron chi connectivity index (χ0n) is 43.2. The molecule has 0 rings (SSSR count). The van der Waals surface area contributed by atoms with E-state index in [4.69, 9.17) is 14.2 Å². The van der Waals surface area contributed by atoms with Crippen molar-refractivity contribution in [3.63, 3.8) is 0 Å². The van der Waals surface area contributed by atoms with Gasteiger partial charge in [-0.25, -0.2) is 0 Å². The smallest absolute Gasteiger partial charge is 0.306 e. The molecule has 6 heteroatoms. The Balaban J connectivity index is 4.29. The molecule has 0 unspecified atom stereocenters. The van der Waals surface area contributed by atoms with Crippen LogP contribution < -0.4 is 0 Å². The van der Waals surface area contributed by atoms with E-state index in [1.165, 1.54) is 205 Å². The van der Waals surface area contributed by atoms with E-state index in [0.29, 0.717) is 19.3 Å². The second-order valence-corrected chi connectivity index (χ2v) is 20.5. The quantitative estimate of drug-likeness (QED) is 0.0344. The normalized spacial score (nSPS) is 12.0. The van der Waals surface area contributed by atoms with E-state index in [1.54, 1.807) is 0 Å². The van der Waals surface area contributed by atoms with E-state index in [0.717, 1.165) is 69.6 Å². The summed E-state index contributed by atoms with van der Waals surface area (Å²) in [5.41, 5.74) is 0. The van der Waals surface area contributed by atoms with E-state index in [-0.39, 0.29) is 31.1 Å². The van der Waals surface area contributed by atoms with Crippen LogP contribution in [0.4, 0.5) is 0 Å². The predicted octanol–water partition coefficient (Wildman–Crippen LogP) is 18.5. The maximum atomic E-state index is 12.8. The van der Waals surface area contributed by atoms with Gasteiger partial charge in [0.25, 0.3) is 0 Å². The lowest BCUT2D eigenvalue weighted by Gasteiger charge is -2.18. The van der Waals surface area contributed by atoms with E-state index < -0.39 is 6.10 Å². The van der Waals surface area contributed by atoms with Gasteiger partial charge in [-0.3, -0.25) is 14.4 Å². The number of hydrogen-bond acceptors (Lipinski definition) is 6. The molecule has 0 spiro atoms. The number of hydrogen-bond donors (Lipinski definition) is 0. The molecule has 0 bridgehead atoms. The first kappa shape index (κ1) is 61.4. The van der Waals surface area contributed by atoms with Crippen LogP contribution in [0.5, 0.6) is 0 Å². The molecule has 0 aromatic carbocycles. The minimum atomic E-state index is -0.762. The molecule has 0 aromatic rings. The Bertz CT molecular complexity index is 962. The maximum Gasteiger partial charge on any atom is 0.306 e. The Kier molecular flexibility index (Phi) is 48.6. The van der Waals surface area contributed by atoms with Crippen LogP contribution in [0.25, 0.3) is 0 Å². The second kappa shape index (κ2) is 49.8. The van der Waals surface area contributed by atoms with Gasteiger partial charge >= 0.3 is 17.9 Å². The van der Waals surface area contributed by atoms with Gasteiger partial charge in [-0.05, 0) is 31.1 Å². The van der Waals surface area contributed by atoms with Crippen molar-refractivity contribution in [2.45, 2.75) is 323 Å². The zero-order chi connectivity index (χ0) is 46.1. The molecule has 0 saturated heterocycles. The van der Waals surface area contributed by atoms with E-state index in [9.17, 15) is 14.4 Å². The molecule has 63 heavy (non-hydrogen) atoms. The lowest BCUT2D eigenvalue weighted by molar-refractivity contribution is -0.167. The molecule has 0 aliphatic carbocycles. The predicted molar refractivity (Wildman–Crippen MR) is 270 cm³/mol. The minimum Gasteiger partial charge on any atom is -0.462 e. The molecule has 374 valence electrons. The summed E-state index contributed by atoms with van der Waals surface area (Å²) < 4.78 is 16.9. The highest BCUT2D eigenvalue weighted by Gasteiger charge is 2.19. The van der Waals surface area contributed by atoms with Crippen molar-refractivity contribution in [3.8, 4) is 0 Å². The van der Waals surface area contributed by atoms with Crippen molar-refractivity contribution in [2.75, 3.05) is 13.2 Å². The molecular weight excluding hydrogens is 781 g/mol. The summed E-state index contributed by atoms with van der Waals surface area (Å²) in [6.07, 6.45) is 52.3. The van der Waals surface area contributed by atoms with Gasteiger partial charge in [0.15, 0.2) is 6.10 Å². The Labute approximate surface area is 393 Å². The summed E-state index contributed by atoms with van der Waals surface area (Å²) in [5, 5.41) is 0. The van der Waals surface area contributed by atoms with Gasteiger partial charge in [0, 0.05) is 19.3 Å². The van der Waals surface area contributed by atoms with Crippen LogP contribution in [-0.4, -0.2) is 37.2 Å². The van der Waals surface area contributed by atoms with Gasteiger partial charge in [-0.15, -0.1) is 0 Å². The molecular formula is C57H110O6. The first-order valence-corrected chi connectivity index (χ1v) is 28.2. The molecule has 0 aliphatic rings. The first-order valence-electron chi connectivity index (χ1n) is 28.2. The van der Waals surface area contributed by atoms with Gasteiger partial charge in [0.05, 0.1) is 0 Å². The fraction of sp³-hybridized carbons (Fsp3) is 0.947. The molecule has 0 saturated carbocycles. The average Bonchev–Trinajstić information content (AvgIpc) is 3.25. The van der Waals surface area contributed by atoms with Gasteiger partial charge < -0.3 is 14.2 Å². The molecule has 0 heterocycles. The van der Waals surface area contributed by atoms with Gasteiger partial charge in [0.1, 0.15) is 13.2 Å². The monoisotopic (exact) mass is 891 g/mol. The molecule has 0 amide bonds. The topological polar surface area (TPSA) is 78.9 Å². The van der Waals surface area contributed by atoms with E-state index in [2.05, 4.69) is 34.6 Å². The number of ether oxygens (including phenoxy) is 3. The van der Waals surface area contributed by atoms with Crippen LogP contribution in [0.15, 0.2) is 0 Å². The largest absolute Gasteiger partial charge is 0.462 e. The molecule has 6 nitrogen and oxygen atoms in total. The highest BCUT2D eigenvalue weighted by molar-refractivity contribution is 5.71. The van der Waals surface area contributed by atoms with Crippen molar-refractivity contribution in [2.24, 2.45) is 11.8 Å². The lowest BCUT2D eigenvalue weighted by Crippen LogP contribution is -2.30. The highest BCUT2D eigenvalue weighted by Crippen LogP contribution is 2.18. The molecule has 0 aliphatic heterocycles. The molecule has 0 N–H and O–H groups in total. The highest BCUT2D eigenvalue weighted by atomic mass is 16.6. The molecule has 0 aromatic heterocycles. The van der Waals surface area contributed by atoms with Crippen LogP contribution in [-0.2, 0) is 28.6 Å². The minimum absolute atomic E-state index is 0.0628. The van der Waals surface area contributed by atoms with E-state index >= 15 is 0 Å². The number of carbonyl (C=O) groups excluding carboxylic acids is 3. The van der Waals surface area contributed by atoms with Crippen LogP contribution in [0, 0.1) is 11.8 Å². The fourth-order valence-corrected chi connectivity index (χ4v) is 8.70. The first-order chi connectivity index (χ1) is 30.7. The Morgan fingerprint density at radius 2 is 0.524 bits per heavy atom. The number of rotatable bonds is 51. The molecule has 0 fully saturated rings. The van der Waals surface area contributed by atoms with Crippen molar-refractivity contribution < 1.29 is 28.6 Å². The number of carbonyl (C=O) groups is 3. The standard InChI is InChI=1S/C57H110O6/c1-6-7-8-9-10-11-12-16-22-27-32-37-42-47-55(58)61-50-54(51-62-56(59)48-43-38-33-28-24-19-21-26-31-36-41-46-53(4)5)63-57(60)49-44-39-34-29-23-18-15-13-14-17-20-25-30-35-40-45-52(2)3/h52-54H,6-51H2,1-5H3/t54-/m0/s1. The number of esters is 3. The second-order valence-electron chi connectivity index (χ2n) is 20.5. The molecule has 1 atom stereocenters. The summed E-state index contributed by atoms with van der Waals surface area (Å²) in [6, 6.07) is 0. The summed E-state index contributed by atoms with van der Waals surface area (Å²) in [5.74, 6) is 0.834. The lowest BCUT2D eigenvalue weighted by atomic mass is 10.0. The Morgan fingerprint density at radius 3 is 0.778 bits per heavy atom. The summed E-state index contributed by atoms with van der Waals surface area (Å²) in [4.78, 5) is 38.1. The third-order valence-electron chi connectivity index (χ3n) is 13.0. The summed E-state index contributed by atoms with van der Waals surface area (Å²) >= 11 is 0. The number of unbranched alkanes of at least 4 members (excludes halogenated alkanes) is 36. The van der Waals surface area contributed by atoms with Crippen LogP contribution in [0.1, 0.15) is 317 Å². The summed E-state index contributed by atoms with van der Waals surface area (Å²) in [7, 11) is 0. The Morgan fingerprint density at radius 1 is 0.302 bits per heavy atom. The zero-order valence-corrected chi connectivity index (χ0v) is 43.2. The van der Waals surface area contributed by atoms with Crippen molar-refractivity contribution >= 4 is 17.9 Å². The Hall–Kier alpha value is -1.59. The maximum absolute atomic E-state index is 12.8. The SMILES string of the molecule is CCCCCCCCCCCCCCCC(=O)OC[C@@H](COC(=O)CCCCCCCCCCCCCC(C)C)OC(=O)CCCCCCCCCCCCCCCCCC(C)C. The average molecular weight is 892 g/mol. The van der Waals surface area contributed by atoms with Gasteiger partial charge in [-0.2, -0.15) is 0 Å². The fourth-order valence-electron chi connectivity index (χ4n) is 8.70. The van der Waals surface area contributed by atoms with Gasteiger partial charge in [-0.1, -0.05) is 279 Å². The van der Waals surface area contributed by atoms with Crippen LogP contribution in [0.2, 0.25) is 0 Å². The van der Waals surface area contributed by atoms with Crippen LogP contribution in [0.3, 0.4) is 0 Å². The third-order valence-corrected chi connectivity index (χ3v) is 13.0. The molecule has 0 radical (unpaired) electrons. The van der Waals surface area contributed by atoms with Crippen molar-refractivity contribution in [3.05, 3.63) is 0 Å². The third kappa shape index (κ3) is 51.3. The van der Waals surface area contributed by atoms with Gasteiger partial charge in [0.2, 0.25) is 0 Å². The van der Waals surface area contributed by atoms with Crippen molar-refractivity contribution in [1.82, 2.24) is 0 Å². The van der Waals surface area contributed by atoms with Crippen molar-refractivity contribution in [1.29, 1.82) is 0 Å². The van der Waals surface area contributed by atoms with Crippen LogP contribution >= 0.6 is 0 Å².